The highest BCUT2D eigenvalue weighted by Crippen LogP contribution is 2.33. The lowest BCUT2D eigenvalue weighted by Gasteiger charge is -2.25. The van der Waals surface area contributed by atoms with Crippen LogP contribution in [0.2, 0.25) is 0 Å². The highest BCUT2D eigenvalue weighted by Gasteiger charge is 2.23. The van der Waals surface area contributed by atoms with Crippen molar-refractivity contribution in [2.24, 2.45) is 0 Å². The number of nitro groups is 1. The fraction of sp³-hybridized carbons (Fsp3) is 0.308. The van der Waals surface area contributed by atoms with E-state index in [1.54, 1.807) is 24.5 Å². The highest BCUT2D eigenvalue weighted by atomic mass is 32.1. The van der Waals surface area contributed by atoms with Crippen LogP contribution in [0.25, 0.3) is 0 Å². The van der Waals surface area contributed by atoms with Gasteiger partial charge in [-0.25, -0.2) is 4.98 Å². The van der Waals surface area contributed by atoms with E-state index in [4.69, 9.17) is 0 Å². The molecule has 20 heavy (non-hydrogen) atoms. The molecule has 0 aliphatic heterocycles. The minimum atomic E-state index is -0.403. The molecular weight excluding hydrogens is 276 g/mol. The molecule has 2 aromatic rings. The molecule has 1 unspecified atom stereocenters. The zero-order chi connectivity index (χ0) is 14.7. The summed E-state index contributed by atoms with van der Waals surface area (Å²) in [6, 6.07) is 7.08. The number of anilines is 2. The highest BCUT2D eigenvalue weighted by molar-refractivity contribution is 7.10. The van der Waals surface area contributed by atoms with Crippen LogP contribution in [0.1, 0.15) is 17.8 Å². The minimum Gasteiger partial charge on any atom is -0.373 e. The first-order chi connectivity index (χ1) is 9.54. The van der Waals surface area contributed by atoms with Crippen molar-refractivity contribution in [1.29, 1.82) is 0 Å². The monoisotopic (exact) mass is 292 g/mol. The molecule has 0 aromatic carbocycles. The van der Waals surface area contributed by atoms with Crippen LogP contribution in [0.4, 0.5) is 17.3 Å². The quantitative estimate of drug-likeness (QED) is 0.676. The van der Waals surface area contributed by atoms with E-state index in [1.807, 2.05) is 36.4 Å². The van der Waals surface area contributed by atoms with Gasteiger partial charge in [0.2, 0.25) is 5.82 Å². The number of hydrogen-bond acceptors (Lipinski definition) is 6. The Balaban J connectivity index is 2.41. The second-order valence-corrected chi connectivity index (χ2v) is 5.33. The molecule has 2 rings (SSSR count). The van der Waals surface area contributed by atoms with Gasteiger partial charge < -0.3 is 10.2 Å². The van der Waals surface area contributed by atoms with Crippen LogP contribution < -0.4 is 10.2 Å². The Labute approximate surface area is 121 Å². The van der Waals surface area contributed by atoms with Crippen molar-refractivity contribution in [3.05, 3.63) is 44.6 Å². The number of nitrogens with zero attached hydrogens (tertiary/aromatic N) is 3. The first-order valence-corrected chi connectivity index (χ1v) is 7.02. The molecule has 0 aliphatic rings. The van der Waals surface area contributed by atoms with Gasteiger partial charge in [-0.2, -0.15) is 0 Å². The van der Waals surface area contributed by atoms with E-state index in [-0.39, 0.29) is 11.7 Å². The molecule has 0 radical (unpaired) electrons. The van der Waals surface area contributed by atoms with E-state index in [9.17, 15) is 10.1 Å². The maximum atomic E-state index is 11.2. The standard InChI is InChI=1S/C13H16N4O2S/c1-9(11-5-4-8-20-11)16(3)13-10(17(18)19)6-7-12(14-2)15-13/h4-9H,1-3H3,(H,14,15). The molecule has 2 heterocycles. The Bertz CT molecular complexity index is 600. The number of hydrogen-bond donors (Lipinski definition) is 1. The first-order valence-electron chi connectivity index (χ1n) is 6.14. The van der Waals surface area contributed by atoms with Crippen molar-refractivity contribution in [3.63, 3.8) is 0 Å². The second kappa shape index (κ2) is 5.87. The van der Waals surface area contributed by atoms with E-state index >= 15 is 0 Å². The Hall–Kier alpha value is -2.15. The smallest absolute Gasteiger partial charge is 0.311 e. The third-order valence-corrected chi connectivity index (χ3v) is 4.22. The molecule has 7 heteroatoms. The van der Waals surface area contributed by atoms with Gasteiger partial charge in [0.15, 0.2) is 0 Å². The summed E-state index contributed by atoms with van der Waals surface area (Å²) in [7, 11) is 3.56. The molecule has 0 amide bonds. The molecular formula is C13H16N4O2S. The summed E-state index contributed by atoms with van der Waals surface area (Å²) in [4.78, 5) is 18.0. The summed E-state index contributed by atoms with van der Waals surface area (Å²) in [6.45, 7) is 2.00. The lowest BCUT2D eigenvalue weighted by molar-refractivity contribution is -0.384. The molecule has 1 N–H and O–H groups in total. The Kier molecular flexibility index (Phi) is 4.19. The van der Waals surface area contributed by atoms with Gasteiger partial charge in [-0.1, -0.05) is 6.07 Å². The SMILES string of the molecule is CNc1ccc([N+](=O)[O-])c(N(C)C(C)c2cccs2)n1. The van der Waals surface area contributed by atoms with E-state index < -0.39 is 4.92 Å². The van der Waals surface area contributed by atoms with Crippen LogP contribution in [0.5, 0.6) is 0 Å². The van der Waals surface area contributed by atoms with Gasteiger partial charge in [0.25, 0.3) is 0 Å². The number of rotatable bonds is 5. The predicted molar refractivity (Wildman–Crippen MR) is 81.6 cm³/mol. The van der Waals surface area contributed by atoms with Gasteiger partial charge in [-0.3, -0.25) is 10.1 Å². The van der Waals surface area contributed by atoms with Gasteiger partial charge in [0.1, 0.15) is 5.82 Å². The lowest BCUT2D eigenvalue weighted by Crippen LogP contribution is -2.23. The molecule has 6 nitrogen and oxygen atoms in total. The van der Waals surface area contributed by atoms with Gasteiger partial charge in [-0.15, -0.1) is 11.3 Å². The van der Waals surface area contributed by atoms with Crippen LogP contribution in [-0.2, 0) is 0 Å². The van der Waals surface area contributed by atoms with Crippen molar-refractivity contribution < 1.29 is 4.92 Å². The van der Waals surface area contributed by atoms with E-state index in [2.05, 4.69) is 10.3 Å². The Morgan fingerprint density at radius 3 is 2.75 bits per heavy atom. The molecule has 0 fully saturated rings. The molecule has 2 aromatic heterocycles. The summed E-state index contributed by atoms with van der Waals surface area (Å²) in [5.74, 6) is 0.971. The molecule has 0 saturated heterocycles. The van der Waals surface area contributed by atoms with Crippen molar-refractivity contribution in [2.75, 3.05) is 24.3 Å². The molecule has 0 spiro atoms. The van der Waals surface area contributed by atoms with Crippen molar-refractivity contribution in [1.82, 2.24) is 4.98 Å². The van der Waals surface area contributed by atoms with Crippen LogP contribution >= 0.6 is 11.3 Å². The lowest BCUT2D eigenvalue weighted by atomic mass is 10.2. The second-order valence-electron chi connectivity index (χ2n) is 4.35. The zero-order valence-corrected chi connectivity index (χ0v) is 12.3. The van der Waals surface area contributed by atoms with Crippen LogP contribution in [0, 0.1) is 10.1 Å². The molecule has 0 bridgehead atoms. The normalized spacial score (nSPS) is 11.9. The molecule has 106 valence electrons. The predicted octanol–water partition coefficient (Wildman–Crippen LogP) is 3.29. The average molecular weight is 292 g/mol. The molecule has 1 atom stereocenters. The topological polar surface area (TPSA) is 71.3 Å². The number of nitrogens with one attached hydrogen (secondary N) is 1. The fourth-order valence-corrected chi connectivity index (χ4v) is 2.71. The van der Waals surface area contributed by atoms with Gasteiger partial charge >= 0.3 is 5.69 Å². The maximum Gasteiger partial charge on any atom is 0.311 e. The Morgan fingerprint density at radius 1 is 1.45 bits per heavy atom. The minimum absolute atomic E-state index is 0.00917. The van der Waals surface area contributed by atoms with Crippen molar-refractivity contribution in [2.45, 2.75) is 13.0 Å². The van der Waals surface area contributed by atoms with E-state index in [0.717, 1.165) is 4.88 Å². The van der Waals surface area contributed by atoms with Crippen LogP contribution in [0.15, 0.2) is 29.6 Å². The number of aromatic nitrogens is 1. The third-order valence-electron chi connectivity index (χ3n) is 3.18. The molecule has 0 aliphatic carbocycles. The first kappa shape index (κ1) is 14.3. The fourth-order valence-electron chi connectivity index (χ4n) is 1.89. The van der Waals surface area contributed by atoms with Crippen LogP contribution in [0.3, 0.4) is 0 Å². The zero-order valence-electron chi connectivity index (χ0n) is 11.5. The van der Waals surface area contributed by atoms with Gasteiger partial charge in [0.05, 0.1) is 11.0 Å². The number of pyridine rings is 1. The van der Waals surface area contributed by atoms with E-state index in [1.165, 1.54) is 6.07 Å². The van der Waals surface area contributed by atoms with Gasteiger partial charge in [0, 0.05) is 25.0 Å². The summed E-state index contributed by atoms with van der Waals surface area (Å²) < 4.78 is 0. The summed E-state index contributed by atoms with van der Waals surface area (Å²) in [5, 5.41) is 16.1. The summed E-state index contributed by atoms with van der Waals surface area (Å²) >= 11 is 1.62. The third kappa shape index (κ3) is 2.72. The van der Waals surface area contributed by atoms with Crippen molar-refractivity contribution >= 4 is 28.7 Å². The molecule has 0 saturated carbocycles. The average Bonchev–Trinajstić information content (AvgIpc) is 2.99. The summed E-state index contributed by atoms with van der Waals surface area (Å²) in [5.41, 5.74) is 0.00917. The number of thiophene rings is 1. The van der Waals surface area contributed by atoms with Crippen LogP contribution in [-0.4, -0.2) is 24.0 Å². The van der Waals surface area contributed by atoms with Crippen molar-refractivity contribution in [3.8, 4) is 0 Å². The maximum absolute atomic E-state index is 11.2. The Morgan fingerprint density at radius 2 is 2.20 bits per heavy atom. The van der Waals surface area contributed by atoms with Gasteiger partial charge in [-0.05, 0) is 24.4 Å². The summed E-state index contributed by atoms with van der Waals surface area (Å²) in [6.07, 6.45) is 0. The van der Waals surface area contributed by atoms with E-state index in [0.29, 0.717) is 11.6 Å². The largest absolute Gasteiger partial charge is 0.373 e.